The van der Waals surface area contributed by atoms with E-state index in [4.69, 9.17) is 4.42 Å². The molecule has 5 nitrogen and oxygen atoms in total. The van der Waals surface area contributed by atoms with E-state index in [2.05, 4.69) is 10.3 Å². The quantitative estimate of drug-likeness (QED) is 0.622. The maximum absolute atomic E-state index is 11.4. The summed E-state index contributed by atoms with van der Waals surface area (Å²) in [7, 11) is 0. The fraction of sp³-hybridized carbons (Fsp3) is 0.231. The zero-order chi connectivity index (χ0) is 12.6. The zero-order valence-electron chi connectivity index (χ0n) is 9.95. The Balaban J connectivity index is 1.63. The molecule has 0 aliphatic heterocycles. The number of imidazole rings is 1. The predicted molar refractivity (Wildman–Crippen MR) is 67.6 cm³/mol. The molecule has 1 amide bonds. The van der Waals surface area contributed by atoms with Crippen molar-refractivity contribution in [3.63, 3.8) is 0 Å². The lowest BCUT2D eigenvalue weighted by Crippen LogP contribution is -2.22. The van der Waals surface area contributed by atoms with Gasteiger partial charge in [0.05, 0.1) is 12.6 Å². The minimum Gasteiger partial charge on any atom is -0.465 e. The van der Waals surface area contributed by atoms with Gasteiger partial charge >= 0.3 is 0 Å². The van der Waals surface area contributed by atoms with Crippen molar-refractivity contribution < 1.29 is 9.21 Å². The van der Waals surface area contributed by atoms with E-state index >= 15 is 0 Å². The van der Waals surface area contributed by atoms with E-state index in [1.807, 2.05) is 10.8 Å². The van der Waals surface area contributed by atoms with Crippen LogP contribution in [0.4, 0.5) is 0 Å². The van der Waals surface area contributed by atoms with Gasteiger partial charge in [-0.2, -0.15) is 0 Å². The van der Waals surface area contributed by atoms with E-state index in [1.54, 1.807) is 37.0 Å². The summed E-state index contributed by atoms with van der Waals surface area (Å²) in [6.45, 7) is 1.49. The van der Waals surface area contributed by atoms with E-state index in [9.17, 15) is 4.79 Å². The fourth-order valence-electron chi connectivity index (χ4n) is 1.50. The average molecular weight is 245 g/mol. The summed E-state index contributed by atoms with van der Waals surface area (Å²) in [5, 5.41) is 2.81. The average Bonchev–Trinajstić information content (AvgIpc) is 3.04. The van der Waals surface area contributed by atoms with Crippen LogP contribution in [-0.2, 0) is 11.3 Å². The number of carbonyl (C=O) groups excluding carboxylic acids is 1. The second-order valence-corrected chi connectivity index (χ2v) is 3.79. The molecule has 0 fully saturated rings. The largest absolute Gasteiger partial charge is 0.465 e. The third kappa shape index (κ3) is 3.93. The number of aryl methyl sites for hydroxylation is 1. The van der Waals surface area contributed by atoms with Crippen molar-refractivity contribution in [1.29, 1.82) is 0 Å². The number of aromatic nitrogens is 2. The molecule has 0 radical (unpaired) electrons. The second-order valence-electron chi connectivity index (χ2n) is 3.79. The third-order valence-corrected chi connectivity index (χ3v) is 2.39. The topological polar surface area (TPSA) is 60.1 Å². The molecule has 1 N–H and O–H groups in total. The van der Waals surface area contributed by atoms with E-state index in [0.29, 0.717) is 12.3 Å². The van der Waals surface area contributed by atoms with Gasteiger partial charge in [-0.1, -0.05) is 0 Å². The first kappa shape index (κ1) is 12.2. The molecule has 0 bridgehead atoms. The highest BCUT2D eigenvalue weighted by Gasteiger charge is 1.96. The number of rotatable bonds is 6. The van der Waals surface area contributed by atoms with Crippen LogP contribution >= 0.6 is 0 Å². The van der Waals surface area contributed by atoms with Crippen molar-refractivity contribution in [3.8, 4) is 0 Å². The number of nitrogens with zero attached hydrogens (tertiary/aromatic N) is 2. The van der Waals surface area contributed by atoms with Crippen LogP contribution in [-0.4, -0.2) is 22.0 Å². The van der Waals surface area contributed by atoms with Crippen LogP contribution < -0.4 is 5.32 Å². The molecule has 0 aromatic carbocycles. The van der Waals surface area contributed by atoms with Crippen LogP contribution in [0, 0.1) is 0 Å². The highest BCUT2D eigenvalue weighted by atomic mass is 16.3. The molecule has 0 unspecified atom stereocenters. The van der Waals surface area contributed by atoms with Crippen molar-refractivity contribution in [2.24, 2.45) is 0 Å². The summed E-state index contributed by atoms with van der Waals surface area (Å²) in [5.74, 6) is 0.556. The molecule has 0 atom stereocenters. The summed E-state index contributed by atoms with van der Waals surface area (Å²) in [4.78, 5) is 15.4. The summed E-state index contributed by atoms with van der Waals surface area (Å²) in [5.41, 5.74) is 0. The molecule has 2 aromatic rings. The Hall–Kier alpha value is -2.30. The van der Waals surface area contributed by atoms with Gasteiger partial charge in [-0.3, -0.25) is 4.79 Å². The van der Waals surface area contributed by atoms with E-state index in [0.717, 1.165) is 13.0 Å². The minimum absolute atomic E-state index is 0.114. The van der Waals surface area contributed by atoms with Crippen LogP contribution in [0.25, 0.3) is 6.08 Å². The van der Waals surface area contributed by atoms with Crippen molar-refractivity contribution in [2.75, 3.05) is 6.54 Å². The third-order valence-electron chi connectivity index (χ3n) is 2.39. The molecule has 94 valence electrons. The summed E-state index contributed by atoms with van der Waals surface area (Å²) in [6, 6.07) is 3.57. The number of nitrogens with one attached hydrogen (secondary N) is 1. The highest BCUT2D eigenvalue weighted by Crippen LogP contribution is 2.01. The molecule has 18 heavy (non-hydrogen) atoms. The predicted octanol–water partition coefficient (Wildman–Crippen LogP) is 1.70. The van der Waals surface area contributed by atoms with Gasteiger partial charge in [-0.05, 0) is 24.6 Å². The van der Waals surface area contributed by atoms with E-state index in [1.165, 1.54) is 6.08 Å². The van der Waals surface area contributed by atoms with Crippen LogP contribution in [0.3, 0.4) is 0 Å². The number of hydrogen-bond donors (Lipinski definition) is 1. The normalized spacial score (nSPS) is 10.9. The Morgan fingerprint density at radius 3 is 3.22 bits per heavy atom. The molecule has 0 saturated heterocycles. The summed E-state index contributed by atoms with van der Waals surface area (Å²) >= 11 is 0. The Morgan fingerprint density at radius 2 is 2.50 bits per heavy atom. The van der Waals surface area contributed by atoms with Crippen molar-refractivity contribution in [3.05, 3.63) is 49.0 Å². The number of amides is 1. The molecule has 2 aromatic heterocycles. The lowest BCUT2D eigenvalue weighted by atomic mass is 10.3. The van der Waals surface area contributed by atoms with Gasteiger partial charge in [-0.25, -0.2) is 4.98 Å². The number of furan rings is 1. The van der Waals surface area contributed by atoms with Crippen LogP contribution in [0.2, 0.25) is 0 Å². The van der Waals surface area contributed by atoms with E-state index in [-0.39, 0.29) is 5.91 Å². The molecule has 0 saturated carbocycles. The molecule has 2 heterocycles. The standard InChI is InChI=1S/C13H15N3O2/c17-13(5-4-12-3-1-10-18-12)15-6-2-8-16-9-7-14-11-16/h1,3-5,7,9-11H,2,6,8H2,(H,15,17)/b5-4+. The minimum atomic E-state index is -0.114. The van der Waals surface area contributed by atoms with Gasteiger partial charge in [0.25, 0.3) is 0 Å². The van der Waals surface area contributed by atoms with Gasteiger partial charge in [0.15, 0.2) is 0 Å². The van der Waals surface area contributed by atoms with Gasteiger partial charge in [0, 0.05) is 31.6 Å². The molecular weight excluding hydrogens is 230 g/mol. The number of hydrogen-bond acceptors (Lipinski definition) is 3. The summed E-state index contributed by atoms with van der Waals surface area (Å²) < 4.78 is 7.06. The monoisotopic (exact) mass is 245 g/mol. The molecule has 5 heteroatoms. The maximum atomic E-state index is 11.4. The molecule has 2 rings (SSSR count). The Morgan fingerprint density at radius 1 is 1.56 bits per heavy atom. The van der Waals surface area contributed by atoms with Crippen molar-refractivity contribution in [2.45, 2.75) is 13.0 Å². The SMILES string of the molecule is O=C(/C=C/c1ccco1)NCCCn1ccnc1. The van der Waals surface area contributed by atoms with Gasteiger partial charge < -0.3 is 14.3 Å². The molecule has 0 aliphatic rings. The lowest BCUT2D eigenvalue weighted by Gasteiger charge is -2.02. The fourth-order valence-corrected chi connectivity index (χ4v) is 1.50. The molecular formula is C13H15N3O2. The van der Waals surface area contributed by atoms with Gasteiger partial charge in [-0.15, -0.1) is 0 Å². The van der Waals surface area contributed by atoms with Gasteiger partial charge in [0.1, 0.15) is 5.76 Å². The first-order valence-corrected chi connectivity index (χ1v) is 5.80. The first-order valence-electron chi connectivity index (χ1n) is 5.80. The summed E-state index contributed by atoms with van der Waals surface area (Å²) in [6.07, 6.45) is 11.0. The highest BCUT2D eigenvalue weighted by molar-refractivity contribution is 5.91. The first-order chi connectivity index (χ1) is 8.84. The number of carbonyl (C=O) groups is 1. The van der Waals surface area contributed by atoms with Crippen molar-refractivity contribution >= 4 is 12.0 Å². The van der Waals surface area contributed by atoms with E-state index < -0.39 is 0 Å². The Labute approximate surface area is 105 Å². The molecule has 0 aliphatic carbocycles. The Bertz CT molecular complexity index is 486. The smallest absolute Gasteiger partial charge is 0.244 e. The molecule has 0 spiro atoms. The van der Waals surface area contributed by atoms with Crippen LogP contribution in [0.1, 0.15) is 12.2 Å². The second kappa shape index (κ2) is 6.44. The Kier molecular flexibility index (Phi) is 4.35. The van der Waals surface area contributed by atoms with Crippen LogP contribution in [0.15, 0.2) is 47.6 Å². The van der Waals surface area contributed by atoms with Crippen LogP contribution in [0.5, 0.6) is 0 Å². The maximum Gasteiger partial charge on any atom is 0.244 e. The van der Waals surface area contributed by atoms with Crippen molar-refractivity contribution in [1.82, 2.24) is 14.9 Å². The lowest BCUT2D eigenvalue weighted by molar-refractivity contribution is -0.116. The van der Waals surface area contributed by atoms with Gasteiger partial charge in [0.2, 0.25) is 5.91 Å². The zero-order valence-corrected chi connectivity index (χ0v) is 9.95.